The first kappa shape index (κ1) is 11.9. The average Bonchev–Trinajstić information content (AvgIpc) is 2.29. The van der Waals surface area contributed by atoms with Crippen LogP contribution in [0.4, 0.5) is 0 Å². The maximum Gasteiger partial charge on any atom is -0.0238 e. The van der Waals surface area contributed by atoms with E-state index < -0.39 is 0 Å². The van der Waals surface area contributed by atoms with Crippen molar-refractivity contribution in [3.05, 3.63) is 71.8 Å². The highest BCUT2D eigenvalue weighted by molar-refractivity contribution is 7.59. The molecule has 0 aliphatic rings. The van der Waals surface area contributed by atoms with Gasteiger partial charge in [0.2, 0.25) is 0 Å². The summed E-state index contributed by atoms with van der Waals surface area (Å²) in [4.78, 5) is 0. The molecule has 0 aliphatic carbocycles. The molecule has 0 fully saturated rings. The Kier molecular flexibility index (Phi) is 4.99. The molecular formula is C14H16S. The summed E-state index contributed by atoms with van der Waals surface area (Å²) in [6.45, 7) is 0. The number of hydrogen-bond donors (Lipinski definition) is 0. The van der Waals surface area contributed by atoms with E-state index in [1.54, 1.807) is 0 Å². The van der Waals surface area contributed by atoms with Crippen LogP contribution in [0.25, 0.3) is 0 Å². The van der Waals surface area contributed by atoms with Crippen molar-refractivity contribution in [1.82, 2.24) is 0 Å². The molecule has 0 radical (unpaired) electrons. The van der Waals surface area contributed by atoms with Crippen LogP contribution in [0.3, 0.4) is 0 Å². The minimum absolute atomic E-state index is 0. The number of hydrogen-bond acceptors (Lipinski definition) is 0. The van der Waals surface area contributed by atoms with Gasteiger partial charge in [-0.2, -0.15) is 13.5 Å². The van der Waals surface area contributed by atoms with Crippen LogP contribution in [-0.2, 0) is 12.8 Å². The van der Waals surface area contributed by atoms with E-state index >= 15 is 0 Å². The first-order valence-corrected chi connectivity index (χ1v) is 5.03. The molecule has 0 spiro atoms. The molecule has 0 unspecified atom stereocenters. The molecule has 0 nitrogen and oxygen atoms in total. The van der Waals surface area contributed by atoms with E-state index in [2.05, 4.69) is 60.7 Å². The molecule has 0 bridgehead atoms. The van der Waals surface area contributed by atoms with E-state index in [0.29, 0.717) is 0 Å². The lowest BCUT2D eigenvalue weighted by Crippen LogP contribution is -1.89. The molecule has 0 saturated heterocycles. The zero-order chi connectivity index (χ0) is 9.64. The van der Waals surface area contributed by atoms with Gasteiger partial charge in [-0.15, -0.1) is 0 Å². The van der Waals surface area contributed by atoms with Crippen molar-refractivity contribution in [3.63, 3.8) is 0 Å². The maximum absolute atomic E-state index is 2.18. The second-order valence-electron chi connectivity index (χ2n) is 3.47. The Bertz CT molecular complexity index is 328. The van der Waals surface area contributed by atoms with Crippen molar-refractivity contribution in [3.8, 4) is 0 Å². The summed E-state index contributed by atoms with van der Waals surface area (Å²) in [5.41, 5.74) is 2.83. The molecule has 78 valence electrons. The molecule has 0 aromatic heterocycles. The normalized spacial score (nSPS) is 9.33. The average molecular weight is 216 g/mol. The fourth-order valence-corrected chi connectivity index (χ4v) is 1.58. The molecule has 2 aromatic carbocycles. The quantitative estimate of drug-likeness (QED) is 0.735. The van der Waals surface area contributed by atoms with Crippen molar-refractivity contribution in [1.29, 1.82) is 0 Å². The molecule has 0 saturated carbocycles. The zero-order valence-electron chi connectivity index (χ0n) is 8.69. The molecule has 0 aliphatic heterocycles. The standard InChI is InChI=1S/C14H14.H2S/c1-3-7-13(8-4-1)11-12-14-9-5-2-6-10-14;/h1-10H,11-12H2;1H2. The number of benzene rings is 2. The maximum atomic E-state index is 2.18. The van der Waals surface area contributed by atoms with Crippen molar-refractivity contribution >= 4 is 13.5 Å². The summed E-state index contributed by atoms with van der Waals surface area (Å²) in [7, 11) is 0. The Hall–Kier alpha value is -1.21. The van der Waals surface area contributed by atoms with Crippen LogP contribution in [0.2, 0.25) is 0 Å². The first-order valence-electron chi connectivity index (χ1n) is 5.03. The molecular weight excluding hydrogens is 200 g/mol. The molecule has 15 heavy (non-hydrogen) atoms. The smallest absolute Gasteiger partial charge is 0.0238 e. The minimum atomic E-state index is 0. The molecule has 2 aromatic rings. The predicted octanol–water partition coefficient (Wildman–Crippen LogP) is 3.58. The summed E-state index contributed by atoms with van der Waals surface area (Å²) in [6.07, 6.45) is 2.26. The van der Waals surface area contributed by atoms with Crippen molar-refractivity contribution < 1.29 is 0 Å². The van der Waals surface area contributed by atoms with E-state index in [4.69, 9.17) is 0 Å². The number of rotatable bonds is 3. The van der Waals surface area contributed by atoms with E-state index in [0.717, 1.165) is 12.8 Å². The van der Waals surface area contributed by atoms with Gasteiger partial charge in [0, 0.05) is 0 Å². The van der Waals surface area contributed by atoms with Crippen LogP contribution in [0.15, 0.2) is 60.7 Å². The predicted molar refractivity (Wildman–Crippen MR) is 70.7 cm³/mol. The Morgan fingerprint density at radius 1 is 0.533 bits per heavy atom. The molecule has 0 amide bonds. The van der Waals surface area contributed by atoms with Crippen LogP contribution in [0.1, 0.15) is 11.1 Å². The molecule has 1 heteroatoms. The van der Waals surface area contributed by atoms with Gasteiger partial charge in [0.25, 0.3) is 0 Å². The zero-order valence-corrected chi connectivity index (χ0v) is 9.69. The van der Waals surface area contributed by atoms with Crippen molar-refractivity contribution in [2.75, 3.05) is 0 Å². The third-order valence-corrected chi connectivity index (χ3v) is 2.39. The van der Waals surface area contributed by atoms with Gasteiger partial charge in [0.05, 0.1) is 0 Å². The fourth-order valence-electron chi connectivity index (χ4n) is 1.58. The van der Waals surface area contributed by atoms with Crippen LogP contribution in [-0.4, -0.2) is 0 Å². The second-order valence-corrected chi connectivity index (χ2v) is 3.47. The van der Waals surface area contributed by atoms with E-state index in [9.17, 15) is 0 Å². The first-order chi connectivity index (χ1) is 6.95. The molecule has 0 atom stereocenters. The van der Waals surface area contributed by atoms with Gasteiger partial charge < -0.3 is 0 Å². The van der Waals surface area contributed by atoms with Gasteiger partial charge >= 0.3 is 0 Å². The highest BCUT2D eigenvalue weighted by Crippen LogP contribution is 2.06. The van der Waals surface area contributed by atoms with Crippen molar-refractivity contribution in [2.45, 2.75) is 12.8 Å². The van der Waals surface area contributed by atoms with Crippen LogP contribution in [0, 0.1) is 0 Å². The van der Waals surface area contributed by atoms with Gasteiger partial charge in [-0.1, -0.05) is 60.7 Å². The monoisotopic (exact) mass is 216 g/mol. The van der Waals surface area contributed by atoms with Crippen molar-refractivity contribution in [2.24, 2.45) is 0 Å². The lowest BCUT2D eigenvalue weighted by atomic mass is 10.0. The van der Waals surface area contributed by atoms with E-state index in [1.807, 2.05) is 0 Å². The summed E-state index contributed by atoms with van der Waals surface area (Å²) < 4.78 is 0. The highest BCUT2D eigenvalue weighted by atomic mass is 32.1. The second kappa shape index (κ2) is 6.31. The lowest BCUT2D eigenvalue weighted by molar-refractivity contribution is 0.960. The molecule has 0 N–H and O–H groups in total. The Labute approximate surface area is 98.4 Å². The molecule has 2 rings (SSSR count). The van der Waals surface area contributed by atoms with Crippen LogP contribution < -0.4 is 0 Å². The summed E-state index contributed by atoms with van der Waals surface area (Å²) in [5.74, 6) is 0. The van der Waals surface area contributed by atoms with Gasteiger partial charge in [0.15, 0.2) is 0 Å². The van der Waals surface area contributed by atoms with Crippen LogP contribution >= 0.6 is 13.5 Å². The van der Waals surface area contributed by atoms with Crippen LogP contribution in [0.5, 0.6) is 0 Å². The third-order valence-electron chi connectivity index (χ3n) is 2.39. The Morgan fingerprint density at radius 2 is 0.867 bits per heavy atom. The minimum Gasteiger partial charge on any atom is -0.197 e. The van der Waals surface area contributed by atoms with E-state index in [1.165, 1.54) is 11.1 Å². The topological polar surface area (TPSA) is 0 Å². The summed E-state index contributed by atoms with van der Waals surface area (Å²) in [5, 5.41) is 0. The van der Waals surface area contributed by atoms with Gasteiger partial charge in [-0.05, 0) is 24.0 Å². The Balaban J connectivity index is 0.00000112. The van der Waals surface area contributed by atoms with Gasteiger partial charge in [0.1, 0.15) is 0 Å². The Morgan fingerprint density at radius 3 is 1.20 bits per heavy atom. The van der Waals surface area contributed by atoms with Gasteiger partial charge in [-0.3, -0.25) is 0 Å². The summed E-state index contributed by atoms with van der Waals surface area (Å²) in [6, 6.07) is 21.2. The number of aryl methyl sites for hydroxylation is 2. The fraction of sp³-hybridized carbons (Fsp3) is 0.143. The highest BCUT2D eigenvalue weighted by Gasteiger charge is 1.93. The third kappa shape index (κ3) is 3.80. The molecule has 0 heterocycles. The SMILES string of the molecule is S.c1ccc(CCc2ccccc2)cc1. The largest absolute Gasteiger partial charge is 0.197 e. The van der Waals surface area contributed by atoms with Gasteiger partial charge in [-0.25, -0.2) is 0 Å². The summed E-state index contributed by atoms with van der Waals surface area (Å²) >= 11 is 0. The van der Waals surface area contributed by atoms with E-state index in [-0.39, 0.29) is 13.5 Å². The lowest BCUT2D eigenvalue weighted by Gasteiger charge is -2.01.